The van der Waals surface area contributed by atoms with E-state index < -0.39 is 0 Å². The second-order valence-electron chi connectivity index (χ2n) is 5.09. The smallest absolute Gasteiger partial charge is 0.101 e. The highest BCUT2D eigenvalue weighted by Gasteiger charge is 2.37. The van der Waals surface area contributed by atoms with Crippen molar-refractivity contribution in [2.24, 2.45) is 0 Å². The molecule has 0 bridgehead atoms. The lowest BCUT2D eigenvalue weighted by molar-refractivity contribution is 0.426. The summed E-state index contributed by atoms with van der Waals surface area (Å²) in [6, 6.07) is 6.00. The van der Waals surface area contributed by atoms with Crippen molar-refractivity contribution in [2.75, 3.05) is 13.1 Å². The first-order chi connectivity index (χ1) is 8.73. The van der Waals surface area contributed by atoms with Gasteiger partial charge in [0.25, 0.3) is 0 Å². The lowest BCUT2D eigenvalue weighted by Gasteiger charge is -2.24. The Morgan fingerprint density at radius 3 is 3.11 bits per heavy atom. The number of benzene rings is 1. The van der Waals surface area contributed by atoms with Crippen molar-refractivity contribution in [3.8, 4) is 0 Å². The van der Waals surface area contributed by atoms with Gasteiger partial charge in [-0.3, -0.25) is 0 Å². The zero-order valence-electron chi connectivity index (χ0n) is 10.5. The predicted molar refractivity (Wildman–Crippen MR) is 78.7 cm³/mol. The molecule has 96 valence electrons. The van der Waals surface area contributed by atoms with Gasteiger partial charge in [0.1, 0.15) is 5.01 Å². The molecule has 0 radical (unpaired) electrons. The van der Waals surface area contributed by atoms with Crippen LogP contribution in [-0.4, -0.2) is 18.1 Å². The summed E-state index contributed by atoms with van der Waals surface area (Å²) in [5, 5.41) is 5.55. The molecule has 18 heavy (non-hydrogen) atoms. The van der Waals surface area contributed by atoms with Gasteiger partial charge in [-0.2, -0.15) is 0 Å². The van der Waals surface area contributed by atoms with Crippen LogP contribution in [0.3, 0.4) is 0 Å². The monoisotopic (exact) mass is 280 g/mol. The molecule has 0 amide bonds. The van der Waals surface area contributed by atoms with E-state index in [0.29, 0.717) is 0 Å². The van der Waals surface area contributed by atoms with Crippen LogP contribution in [0.2, 0.25) is 5.02 Å². The van der Waals surface area contributed by atoms with Gasteiger partial charge in [-0.25, -0.2) is 4.98 Å². The van der Waals surface area contributed by atoms with Crippen LogP contribution < -0.4 is 5.32 Å². The van der Waals surface area contributed by atoms with Crippen LogP contribution in [0.25, 0.3) is 10.2 Å². The van der Waals surface area contributed by atoms with Gasteiger partial charge in [0.05, 0.1) is 10.2 Å². The maximum Gasteiger partial charge on any atom is 0.101 e. The van der Waals surface area contributed by atoms with Crippen molar-refractivity contribution in [2.45, 2.75) is 31.6 Å². The van der Waals surface area contributed by atoms with Gasteiger partial charge < -0.3 is 5.32 Å². The maximum absolute atomic E-state index is 6.04. The number of hydrogen-bond donors (Lipinski definition) is 1. The molecule has 1 saturated heterocycles. The fourth-order valence-electron chi connectivity index (χ4n) is 2.85. The number of fused-ring (bicyclic) bond motifs is 1. The van der Waals surface area contributed by atoms with Crippen molar-refractivity contribution in [1.82, 2.24) is 10.3 Å². The molecule has 3 rings (SSSR count). The average Bonchev–Trinajstić information content (AvgIpc) is 2.95. The third-order valence-corrected chi connectivity index (χ3v) is 5.29. The van der Waals surface area contributed by atoms with Crippen molar-refractivity contribution in [1.29, 1.82) is 0 Å². The number of halogens is 1. The first kappa shape index (κ1) is 12.4. The minimum absolute atomic E-state index is 0.255. The van der Waals surface area contributed by atoms with Crippen LogP contribution in [0.1, 0.15) is 31.2 Å². The van der Waals surface area contributed by atoms with E-state index in [1.807, 2.05) is 23.5 Å². The van der Waals surface area contributed by atoms with Crippen LogP contribution in [0.4, 0.5) is 0 Å². The maximum atomic E-state index is 6.04. The molecular weight excluding hydrogens is 264 g/mol. The minimum atomic E-state index is 0.255. The van der Waals surface area contributed by atoms with E-state index in [9.17, 15) is 0 Å². The van der Waals surface area contributed by atoms with Gasteiger partial charge in [0.15, 0.2) is 0 Å². The van der Waals surface area contributed by atoms with Crippen molar-refractivity contribution in [3.63, 3.8) is 0 Å². The van der Waals surface area contributed by atoms with E-state index in [0.717, 1.165) is 23.6 Å². The fourth-order valence-corrected chi connectivity index (χ4v) is 4.21. The molecule has 0 saturated carbocycles. The van der Waals surface area contributed by atoms with Crippen molar-refractivity contribution < 1.29 is 0 Å². The highest BCUT2D eigenvalue weighted by molar-refractivity contribution is 7.18. The van der Waals surface area contributed by atoms with Crippen LogP contribution in [0.15, 0.2) is 18.2 Å². The second kappa shape index (κ2) is 4.80. The molecule has 4 heteroatoms. The largest absolute Gasteiger partial charge is 0.316 e. The topological polar surface area (TPSA) is 24.9 Å². The predicted octanol–water partition coefficient (Wildman–Crippen LogP) is 3.98. The number of hydrogen-bond acceptors (Lipinski definition) is 3. The second-order valence-corrected chi connectivity index (χ2v) is 6.56. The summed E-state index contributed by atoms with van der Waals surface area (Å²) in [7, 11) is 0. The molecule has 1 fully saturated rings. The van der Waals surface area contributed by atoms with Crippen LogP contribution in [-0.2, 0) is 5.41 Å². The zero-order valence-corrected chi connectivity index (χ0v) is 12.1. The van der Waals surface area contributed by atoms with E-state index in [-0.39, 0.29) is 5.41 Å². The molecule has 1 aromatic heterocycles. The molecule has 2 heterocycles. The van der Waals surface area contributed by atoms with E-state index in [1.54, 1.807) is 0 Å². The molecule has 1 aliphatic heterocycles. The standard InChI is InChI=1S/C14H17ClN2S/c1-2-5-14(6-7-16-9-14)13-17-11-8-10(15)3-4-12(11)18-13/h3-4,8,16H,2,5-7,9H2,1H3. The molecule has 0 spiro atoms. The summed E-state index contributed by atoms with van der Waals surface area (Å²) in [4.78, 5) is 4.84. The summed E-state index contributed by atoms with van der Waals surface area (Å²) in [5.41, 5.74) is 1.30. The summed E-state index contributed by atoms with van der Waals surface area (Å²) < 4.78 is 1.25. The van der Waals surface area contributed by atoms with Gasteiger partial charge in [-0.1, -0.05) is 24.9 Å². The Labute approximate surface area is 116 Å². The molecule has 2 aromatic rings. The number of thiazole rings is 1. The van der Waals surface area contributed by atoms with E-state index in [4.69, 9.17) is 16.6 Å². The Balaban J connectivity index is 2.06. The Morgan fingerprint density at radius 2 is 2.39 bits per heavy atom. The molecule has 1 aliphatic rings. The van der Waals surface area contributed by atoms with Crippen molar-refractivity contribution >= 4 is 33.2 Å². The number of aromatic nitrogens is 1. The molecule has 0 aliphatic carbocycles. The molecule has 1 atom stereocenters. The third kappa shape index (κ3) is 2.04. The lowest BCUT2D eigenvalue weighted by Crippen LogP contribution is -2.28. The molecular formula is C14H17ClN2S. The van der Waals surface area contributed by atoms with E-state index >= 15 is 0 Å². The van der Waals surface area contributed by atoms with Gasteiger partial charge in [0, 0.05) is 17.0 Å². The first-order valence-corrected chi connectivity index (χ1v) is 7.70. The van der Waals surface area contributed by atoms with Crippen LogP contribution in [0, 0.1) is 0 Å². The number of nitrogens with zero attached hydrogens (tertiary/aromatic N) is 1. The quantitative estimate of drug-likeness (QED) is 0.920. The van der Waals surface area contributed by atoms with Crippen molar-refractivity contribution in [3.05, 3.63) is 28.2 Å². The highest BCUT2D eigenvalue weighted by Crippen LogP contribution is 2.39. The minimum Gasteiger partial charge on any atom is -0.316 e. The summed E-state index contributed by atoms with van der Waals surface area (Å²) in [6.45, 7) is 4.43. The van der Waals surface area contributed by atoms with E-state index in [1.165, 1.54) is 29.0 Å². The van der Waals surface area contributed by atoms with Gasteiger partial charge in [-0.15, -0.1) is 11.3 Å². The third-order valence-electron chi connectivity index (χ3n) is 3.78. The Bertz CT molecular complexity index is 558. The first-order valence-electron chi connectivity index (χ1n) is 6.51. The Morgan fingerprint density at radius 1 is 1.50 bits per heavy atom. The summed E-state index contributed by atoms with van der Waals surface area (Å²) >= 11 is 7.87. The lowest BCUT2D eigenvalue weighted by atomic mass is 9.83. The van der Waals surface area contributed by atoms with Gasteiger partial charge in [-0.05, 0) is 37.6 Å². The SMILES string of the molecule is CCCC1(c2nc3cc(Cl)ccc3s2)CCNC1. The van der Waals surface area contributed by atoms with E-state index in [2.05, 4.69) is 18.3 Å². The Hall–Kier alpha value is -0.640. The molecule has 1 N–H and O–H groups in total. The fraction of sp³-hybridized carbons (Fsp3) is 0.500. The van der Waals surface area contributed by atoms with Gasteiger partial charge >= 0.3 is 0 Å². The number of nitrogens with one attached hydrogen (secondary N) is 1. The molecule has 2 nitrogen and oxygen atoms in total. The zero-order chi connectivity index (χ0) is 12.6. The summed E-state index contributed by atoms with van der Waals surface area (Å²) in [6.07, 6.45) is 3.63. The highest BCUT2D eigenvalue weighted by atomic mass is 35.5. The normalized spacial score (nSPS) is 23.9. The number of rotatable bonds is 3. The van der Waals surface area contributed by atoms with Crippen LogP contribution in [0.5, 0.6) is 0 Å². The van der Waals surface area contributed by atoms with Crippen LogP contribution >= 0.6 is 22.9 Å². The average molecular weight is 281 g/mol. The van der Waals surface area contributed by atoms with Gasteiger partial charge in [0.2, 0.25) is 0 Å². The Kier molecular flexibility index (Phi) is 3.31. The molecule has 1 aromatic carbocycles. The summed E-state index contributed by atoms with van der Waals surface area (Å²) in [5.74, 6) is 0. The molecule has 1 unspecified atom stereocenters.